The van der Waals surface area contributed by atoms with Gasteiger partial charge in [0.1, 0.15) is 5.82 Å². The second-order valence-electron chi connectivity index (χ2n) is 6.79. The van der Waals surface area contributed by atoms with Crippen molar-refractivity contribution < 1.29 is 23.8 Å². The van der Waals surface area contributed by atoms with E-state index < -0.39 is 12.1 Å². The van der Waals surface area contributed by atoms with E-state index in [4.69, 9.17) is 0 Å². The van der Waals surface area contributed by atoms with Crippen LogP contribution in [0.5, 0.6) is 0 Å². The summed E-state index contributed by atoms with van der Waals surface area (Å²) in [6.07, 6.45) is -0.188. The summed E-state index contributed by atoms with van der Waals surface area (Å²) in [5.41, 5.74) is 3.41. The third-order valence-corrected chi connectivity index (χ3v) is 6.21. The van der Waals surface area contributed by atoms with Crippen LogP contribution >= 0.6 is 11.3 Å². The Hall–Kier alpha value is -3.19. The van der Waals surface area contributed by atoms with Crippen LogP contribution in [-0.2, 0) is 16.0 Å². The molecule has 1 heterocycles. The van der Waals surface area contributed by atoms with Gasteiger partial charge in [0.2, 0.25) is 0 Å². The monoisotopic (exact) mass is 411 g/mol. The Balaban J connectivity index is 1.78. The first-order chi connectivity index (χ1) is 14.0. The number of fused-ring (bicyclic) bond motifs is 2. The van der Waals surface area contributed by atoms with Crippen molar-refractivity contribution in [2.75, 3.05) is 13.7 Å². The number of ether oxygens (including phenoxy) is 1. The van der Waals surface area contributed by atoms with Crippen LogP contribution < -0.4 is 5.32 Å². The Kier molecular flexibility index (Phi) is 5.07. The summed E-state index contributed by atoms with van der Waals surface area (Å²) in [5, 5.41) is 15.3. The number of halogens is 1. The van der Waals surface area contributed by atoms with Gasteiger partial charge in [0, 0.05) is 17.2 Å². The zero-order valence-corrected chi connectivity index (χ0v) is 16.4. The Morgan fingerprint density at radius 2 is 2.03 bits per heavy atom. The van der Waals surface area contributed by atoms with Gasteiger partial charge in [-0.2, -0.15) is 0 Å². The minimum atomic E-state index is -1.03. The smallest absolute Gasteiger partial charge is 0.407 e. The van der Waals surface area contributed by atoms with E-state index in [1.165, 1.54) is 30.6 Å². The highest BCUT2D eigenvalue weighted by molar-refractivity contribution is 7.17. The number of carboxylic acids is 1. The number of methoxy groups -OCH3 is 1. The quantitative estimate of drug-likeness (QED) is 0.645. The lowest BCUT2D eigenvalue weighted by Gasteiger charge is -2.14. The molecule has 1 aliphatic rings. The molecule has 29 heavy (non-hydrogen) atoms. The normalized spacial score (nSPS) is 15.4. The largest absolute Gasteiger partial charge is 0.478 e. The molecule has 0 fully saturated rings. The molecule has 148 valence electrons. The van der Waals surface area contributed by atoms with Gasteiger partial charge in [0.25, 0.3) is 0 Å². The number of benzene rings is 2. The number of carboxylic acid groups (broad SMARTS) is 1. The van der Waals surface area contributed by atoms with Crippen LogP contribution in [0, 0.1) is 5.82 Å². The van der Waals surface area contributed by atoms with Crippen molar-refractivity contribution in [3.63, 3.8) is 0 Å². The first kappa shape index (κ1) is 19.1. The van der Waals surface area contributed by atoms with Crippen molar-refractivity contribution in [1.82, 2.24) is 5.32 Å². The number of carbonyl (C=O) groups is 2. The number of amides is 1. The lowest BCUT2D eigenvalue weighted by Crippen LogP contribution is -2.25. The van der Waals surface area contributed by atoms with E-state index >= 15 is 0 Å². The third kappa shape index (κ3) is 3.49. The SMILES string of the molecule is COC(=O)NCC1=C(C(=O)O)C(Cc2csc3ccc(F)cc23)c2ccccc21. The third-order valence-electron chi connectivity index (χ3n) is 5.20. The van der Waals surface area contributed by atoms with Gasteiger partial charge in [0.15, 0.2) is 0 Å². The molecule has 4 rings (SSSR count). The molecule has 7 heteroatoms. The molecule has 2 N–H and O–H groups in total. The van der Waals surface area contributed by atoms with Crippen molar-refractivity contribution >= 4 is 39.1 Å². The van der Waals surface area contributed by atoms with Crippen LogP contribution in [-0.4, -0.2) is 30.8 Å². The number of hydrogen-bond acceptors (Lipinski definition) is 4. The fourth-order valence-electron chi connectivity index (χ4n) is 3.93. The molecule has 0 spiro atoms. The van der Waals surface area contributed by atoms with E-state index in [1.54, 1.807) is 6.07 Å². The number of alkyl carbamates (subject to hydrolysis) is 1. The van der Waals surface area contributed by atoms with E-state index in [1.807, 2.05) is 29.6 Å². The number of aliphatic carboxylic acids is 1. The number of nitrogens with one attached hydrogen (secondary N) is 1. The highest BCUT2D eigenvalue weighted by atomic mass is 32.1. The maximum Gasteiger partial charge on any atom is 0.407 e. The summed E-state index contributed by atoms with van der Waals surface area (Å²) in [4.78, 5) is 23.7. The molecule has 3 aromatic rings. The molecule has 2 aromatic carbocycles. The van der Waals surface area contributed by atoms with Crippen LogP contribution in [0.25, 0.3) is 15.7 Å². The number of carbonyl (C=O) groups excluding carboxylic acids is 1. The zero-order chi connectivity index (χ0) is 20.5. The predicted octanol–water partition coefficient (Wildman–Crippen LogP) is 4.57. The van der Waals surface area contributed by atoms with Gasteiger partial charge < -0.3 is 15.2 Å². The Bertz CT molecular complexity index is 1150. The lowest BCUT2D eigenvalue weighted by atomic mass is 9.89. The van der Waals surface area contributed by atoms with E-state index in [0.717, 1.165) is 26.8 Å². The van der Waals surface area contributed by atoms with Crippen molar-refractivity contribution in [3.05, 3.63) is 75.9 Å². The number of thiophene rings is 1. The Labute approximate surface area is 170 Å². The number of rotatable bonds is 5. The van der Waals surface area contributed by atoms with Crippen molar-refractivity contribution in [1.29, 1.82) is 0 Å². The first-order valence-electron chi connectivity index (χ1n) is 9.02. The number of hydrogen-bond donors (Lipinski definition) is 2. The van der Waals surface area contributed by atoms with E-state index in [0.29, 0.717) is 12.0 Å². The molecule has 0 saturated carbocycles. The van der Waals surface area contributed by atoms with Gasteiger partial charge in [-0.3, -0.25) is 0 Å². The summed E-state index contributed by atoms with van der Waals surface area (Å²) >= 11 is 1.51. The average molecular weight is 411 g/mol. The molecule has 0 saturated heterocycles. The summed E-state index contributed by atoms with van der Waals surface area (Å²) in [5.74, 6) is -1.74. The molecule has 1 unspecified atom stereocenters. The van der Waals surface area contributed by atoms with E-state index in [2.05, 4.69) is 10.1 Å². The fourth-order valence-corrected chi connectivity index (χ4v) is 4.89. The standard InChI is InChI=1S/C22H18FNO4S/c1-28-22(27)24-10-18-15-5-3-2-4-14(15)17(20(18)21(25)26)8-12-11-29-19-7-6-13(23)9-16(12)19/h2-7,9,11,17H,8,10H2,1H3,(H,24,27)(H,25,26). The maximum absolute atomic E-state index is 13.8. The topological polar surface area (TPSA) is 75.6 Å². The highest BCUT2D eigenvalue weighted by Crippen LogP contribution is 2.44. The van der Waals surface area contributed by atoms with Crippen molar-refractivity contribution in [2.24, 2.45) is 0 Å². The molecule has 5 nitrogen and oxygen atoms in total. The average Bonchev–Trinajstić information content (AvgIpc) is 3.25. The fraction of sp³-hybridized carbons (Fsp3) is 0.182. The zero-order valence-electron chi connectivity index (χ0n) is 15.6. The van der Waals surface area contributed by atoms with E-state index in [9.17, 15) is 19.1 Å². The minimum Gasteiger partial charge on any atom is -0.478 e. The Morgan fingerprint density at radius 3 is 2.79 bits per heavy atom. The summed E-state index contributed by atoms with van der Waals surface area (Å²) < 4.78 is 19.3. The molecular weight excluding hydrogens is 393 g/mol. The van der Waals surface area contributed by atoms with Crippen LogP contribution in [0.2, 0.25) is 0 Å². The van der Waals surface area contributed by atoms with Crippen LogP contribution in [0.4, 0.5) is 9.18 Å². The van der Waals surface area contributed by atoms with Gasteiger partial charge in [-0.1, -0.05) is 24.3 Å². The molecular formula is C22H18FNO4S. The second-order valence-corrected chi connectivity index (χ2v) is 7.70. The predicted molar refractivity (Wildman–Crippen MR) is 110 cm³/mol. The van der Waals surface area contributed by atoms with Gasteiger partial charge in [-0.05, 0) is 57.6 Å². The first-order valence-corrected chi connectivity index (χ1v) is 9.90. The Morgan fingerprint density at radius 1 is 1.24 bits per heavy atom. The van der Waals surface area contributed by atoms with Gasteiger partial charge in [-0.25, -0.2) is 14.0 Å². The summed E-state index contributed by atoms with van der Waals surface area (Å²) in [6.45, 7) is 0.0564. The van der Waals surface area contributed by atoms with Crippen molar-refractivity contribution in [3.8, 4) is 0 Å². The van der Waals surface area contributed by atoms with Gasteiger partial charge >= 0.3 is 12.1 Å². The minimum absolute atomic E-state index is 0.0564. The highest BCUT2D eigenvalue weighted by Gasteiger charge is 2.35. The van der Waals surface area contributed by atoms with Gasteiger partial charge in [0.05, 0.1) is 12.7 Å². The molecule has 1 amide bonds. The lowest BCUT2D eigenvalue weighted by molar-refractivity contribution is -0.132. The molecule has 1 aromatic heterocycles. The summed E-state index contributed by atoms with van der Waals surface area (Å²) in [7, 11) is 1.26. The molecule has 0 bridgehead atoms. The second kappa shape index (κ2) is 7.67. The van der Waals surface area contributed by atoms with Crippen LogP contribution in [0.3, 0.4) is 0 Å². The molecule has 1 atom stereocenters. The van der Waals surface area contributed by atoms with Crippen molar-refractivity contribution in [2.45, 2.75) is 12.3 Å². The van der Waals surface area contributed by atoms with Crippen LogP contribution in [0.1, 0.15) is 22.6 Å². The van der Waals surface area contributed by atoms with Crippen LogP contribution in [0.15, 0.2) is 53.4 Å². The summed E-state index contributed by atoms with van der Waals surface area (Å²) in [6, 6.07) is 12.1. The molecule has 0 aliphatic heterocycles. The van der Waals surface area contributed by atoms with Gasteiger partial charge in [-0.15, -0.1) is 11.3 Å². The maximum atomic E-state index is 13.8. The molecule has 0 radical (unpaired) electrons. The molecule has 1 aliphatic carbocycles. The van der Waals surface area contributed by atoms with E-state index in [-0.39, 0.29) is 23.9 Å².